The molecule has 0 atom stereocenters. The molecule has 0 saturated heterocycles. The third-order valence-electron chi connectivity index (χ3n) is 4.63. The van der Waals surface area contributed by atoms with E-state index in [1.165, 1.54) is 51.4 Å². The fourth-order valence-corrected chi connectivity index (χ4v) is 3.10. The Morgan fingerprint density at radius 3 is 1.23 bits per heavy atom. The Morgan fingerprint density at radius 2 is 0.955 bits per heavy atom. The molecule has 0 bridgehead atoms. The molecule has 2 fully saturated rings. The topological polar surface area (TPSA) is 24.7 Å². The van der Waals surface area contributed by atoms with Crippen LogP contribution in [0.2, 0.25) is 0 Å². The molecule has 2 rings (SSSR count). The summed E-state index contributed by atoms with van der Waals surface area (Å²) < 4.78 is 0. The quantitative estimate of drug-likeness (QED) is 0.405. The molecule has 0 N–H and O–H groups in total. The van der Waals surface area contributed by atoms with E-state index in [1.54, 1.807) is 0 Å². The fraction of sp³-hybridized carbons (Fsp3) is 0.875. The van der Waals surface area contributed by atoms with Gasteiger partial charge in [0.1, 0.15) is 0 Å². The first-order chi connectivity index (χ1) is 10.5. The van der Waals surface area contributed by atoms with Gasteiger partial charge in [-0.2, -0.15) is 0 Å². The molecule has 0 amide bonds. The Balaban J connectivity index is 0.000000541. The average Bonchev–Trinajstić information content (AvgIpc) is 2.47. The number of nitrogens with zero attached hydrogens (tertiary/aromatic N) is 2. The molecule has 0 aromatic rings. The van der Waals surface area contributed by atoms with Crippen molar-refractivity contribution in [3.63, 3.8) is 0 Å². The van der Waals surface area contributed by atoms with E-state index in [9.17, 15) is 0 Å². The van der Waals surface area contributed by atoms with Crippen LogP contribution in [-0.4, -0.2) is 24.5 Å². The molecule has 2 aliphatic rings. The van der Waals surface area contributed by atoms with Crippen molar-refractivity contribution in [1.82, 2.24) is 0 Å². The zero-order chi connectivity index (χ0) is 16.4. The van der Waals surface area contributed by atoms with Crippen molar-refractivity contribution in [2.75, 3.05) is 0 Å². The SMILES string of the molecule is CC1CCC(N=CC=NC2CCC(C)CC2)CC1.[Cl][Nd]([Cl])[Cl]. The van der Waals surface area contributed by atoms with E-state index < -0.39 is 29.9 Å². The Labute approximate surface area is 157 Å². The second-order valence-corrected chi connectivity index (χ2v) is 20.7. The van der Waals surface area contributed by atoms with Gasteiger partial charge in [0, 0.05) is 12.4 Å². The van der Waals surface area contributed by atoms with Crippen LogP contribution in [0.15, 0.2) is 9.98 Å². The first-order valence-electron chi connectivity index (χ1n) is 8.35. The molecule has 2 nitrogen and oxygen atoms in total. The van der Waals surface area contributed by atoms with Crippen molar-refractivity contribution in [3.8, 4) is 0 Å². The summed E-state index contributed by atoms with van der Waals surface area (Å²) in [6.07, 6.45) is 14.4. The summed E-state index contributed by atoms with van der Waals surface area (Å²) in [4.78, 5) is 9.29. The predicted molar refractivity (Wildman–Crippen MR) is 97.4 cm³/mol. The standard InChI is InChI=1S/C16H28N2.3ClH.Nd/c1-13-3-7-15(8-4-13)17-11-12-18-16-9-5-14(2)6-10-16;;;;/h11-16H,3-10H2,1-2H3;3*1H;/q;;;;+3/p-3. The molecule has 0 heterocycles. The molecular weight excluding hydrogens is 471 g/mol. The van der Waals surface area contributed by atoms with Crippen molar-refractivity contribution >= 4 is 29.8 Å². The normalized spacial score (nSPS) is 32.8. The summed E-state index contributed by atoms with van der Waals surface area (Å²) >= 11 is -2.24. The van der Waals surface area contributed by atoms with E-state index in [0.29, 0.717) is 12.1 Å². The van der Waals surface area contributed by atoms with Crippen molar-refractivity contribution < 1.29 is 29.9 Å². The van der Waals surface area contributed by atoms with Gasteiger partial charge in [-0.05, 0) is 63.2 Å². The third-order valence-corrected chi connectivity index (χ3v) is 4.63. The Morgan fingerprint density at radius 1 is 0.682 bits per heavy atom. The van der Waals surface area contributed by atoms with Gasteiger partial charge in [0.25, 0.3) is 0 Å². The van der Waals surface area contributed by atoms with Crippen molar-refractivity contribution in [2.45, 2.75) is 77.3 Å². The zero-order valence-corrected chi connectivity index (χ0v) is 19.1. The number of hydrogen-bond donors (Lipinski definition) is 0. The maximum atomic E-state index is 5.02. The van der Waals surface area contributed by atoms with Gasteiger partial charge in [-0.3, -0.25) is 9.98 Å². The summed E-state index contributed by atoms with van der Waals surface area (Å²) in [6.45, 7) is 4.71. The molecule has 22 heavy (non-hydrogen) atoms. The summed E-state index contributed by atoms with van der Waals surface area (Å²) in [6, 6.07) is 1.14. The van der Waals surface area contributed by atoms with Crippen molar-refractivity contribution in [1.29, 1.82) is 0 Å². The van der Waals surface area contributed by atoms with E-state index in [2.05, 4.69) is 23.8 Å². The Kier molecular flexibility index (Phi) is 12.6. The average molecular weight is 499 g/mol. The summed E-state index contributed by atoms with van der Waals surface area (Å²) in [5.41, 5.74) is 0. The maximum absolute atomic E-state index is 5.02. The summed E-state index contributed by atoms with van der Waals surface area (Å²) in [5.74, 6) is 16.9. The summed E-state index contributed by atoms with van der Waals surface area (Å²) in [7, 11) is 0. The number of rotatable bonds is 3. The zero-order valence-electron chi connectivity index (χ0n) is 13.6. The van der Waals surface area contributed by atoms with E-state index in [4.69, 9.17) is 17.4 Å². The van der Waals surface area contributed by atoms with E-state index in [-0.39, 0.29) is 0 Å². The molecule has 2 aliphatic carbocycles. The van der Waals surface area contributed by atoms with E-state index >= 15 is 0 Å². The minimum atomic E-state index is -2.24. The van der Waals surface area contributed by atoms with Gasteiger partial charge < -0.3 is 0 Å². The molecule has 0 aromatic carbocycles. The van der Waals surface area contributed by atoms with Gasteiger partial charge in [0.05, 0.1) is 12.1 Å². The third kappa shape index (κ3) is 11.2. The van der Waals surface area contributed by atoms with Gasteiger partial charge in [-0.1, -0.05) is 13.8 Å². The minimum absolute atomic E-state index is 0.569. The Hall–Kier alpha value is 1.56. The fourth-order valence-electron chi connectivity index (χ4n) is 3.10. The first-order valence-corrected chi connectivity index (χ1v) is 20.4. The molecule has 0 aromatic heterocycles. The molecule has 0 spiro atoms. The van der Waals surface area contributed by atoms with Crippen LogP contribution in [0.5, 0.6) is 0 Å². The van der Waals surface area contributed by atoms with Crippen LogP contribution in [0.3, 0.4) is 0 Å². The van der Waals surface area contributed by atoms with Gasteiger partial charge in [0.2, 0.25) is 0 Å². The molecule has 0 unspecified atom stereocenters. The number of halogens is 3. The number of hydrogen-bond acceptors (Lipinski definition) is 2. The molecule has 0 radical (unpaired) electrons. The van der Waals surface area contributed by atoms with Crippen LogP contribution < -0.4 is 0 Å². The molecule has 0 aliphatic heterocycles. The van der Waals surface area contributed by atoms with Gasteiger partial charge in [-0.15, -0.1) is 0 Å². The predicted octanol–water partition coefficient (Wildman–Crippen LogP) is 6.35. The van der Waals surface area contributed by atoms with Crippen LogP contribution in [0.1, 0.15) is 65.2 Å². The van der Waals surface area contributed by atoms with Crippen LogP contribution in [0.4, 0.5) is 0 Å². The molecular formula is C16H28Cl3N2Nd. The second kappa shape index (κ2) is 12.9. The summed E-state index contributed by atoms with van der Waals surface area (Å²) in [5, 5.41) is 0. The van der Waals surface area contributed by atoms with Gasteiger partial charge in [-0.25, -0.2) is 0 Å². The van der Waals surface area contributed by atoms with Gasteiger partial charge >= 0.3 is 47.3 Å². The van der Waals surface area contributed by atoms with E-state index in [0.717, 1.165) is 11.8 Å². The molecule has 6 heteroatoms. The first kappa shape index (κ1) is 21.6. The van der Waals surface area contributed by atoms with E-state index in [1.807, 2.05) is 12.4 Å². The molecule has 2 saturated carbocycles. The molecule has 127 valence electrons. The second-order valence-electron chi connectivity index (χ2n) is 6.64. The Bertz CT molecular complexity index is 302. The van der Waals surface area contributed by atoms with Crippen LogP contribution in [-0.2, 0) is 0 Å². The van der Waals surface area contributed by atoms with Crippen LogP contribution in [0.25, 0.3) is 0 Å². The monoisotopic (exact) mass is 495 g/mol. The van der Waals surface area contributed by atoms with Crippen molar-refractivity contribution in [2.24, 2.45) is 21.8 Å². The number of aliphatic imine (C=N–C) groups is 2. The van der Waals surface area contributed by atoms with Crippen molar-refractivity contribution in [3.05, 3.63) is 0 Å². The van der Waals surface area contributed by atoms with Crippen LogP contribution in [0, 0.1) is 41.8 Å². The van der Waals surface area contributed by atoms with Crippen LogP contribution >= 0.6 is 17.4 Å². The van der Waals surface area contributed by atoms with Gasteiger partial charge in [0.15, 0.2) is 0 Å².